The number of ether oxygens (including phenoxy) is 1. The number of nitrogens with one attached hydrogen (secondary N) is 1. The summed E-state index contributed by atoms with van der Waals surface area (Å²) in [5.41, 5.74) is 12.6. The zero-order valence-electron chi connectivity index (χ0n) is 18.3. The summed E-state index contributed by atoms with van der Waals surface area (Å²) >= 11 is 0. The van der Waals surface area contributed by atoms with Crippen molar-refractivity contribution in [1.29, 1.82) is 0 Å². The first kappa shape index (κ1) is 23.4. The second kappa shape index (κ2) is 10.8. The van der Waals surface area contributed by atoms with Gasteiger partial charge in [-0.25, -0.2) is 14.6 Å². The van der Waals surface area contributed by atoms with E-state index in [0.717, 1.165) is 16.9 Å². The van der Waals surface area contributed by atoms with Crippen molar-refractivity contribution in [1.82, 2.24) is 15.1 Å². The number of amides is 2. The van der Waals surface area contributed by atoms with E-state index in [9.17, 15) is 9.59 Å². The van der Waals surface area contributed by atoms with Crippen LogP contribution in [-0.4, -0.2) is 65.7 Å². The van der Waals surface area contributed by atoms with E-state index in [0.29, 0.717) is 32.1 Å². The molecule has 2 amide bonds. The highest BCUT2D eigenvalue weighted by Crippen LogP contribution is 2.18. The van der Waals surface area contributed by atoms with Gasteiger partial charge in [0.1, 0.15) is 12.4 Å². The number of carbonyl (C=O) groups excluding carboxylic acids is 1. The number of hydrogen-bond acceptors (Lipinski definition) is 6. The Labute approximate surface area is 191 Å². The molecule has 2 aromatic carbocycles. The fraction of sp³-hybridized carbons (Fsp3) is 0.273. The number of hydrogen-bond donors (Lipinski definition) is 4. The molecular weight excluding hydrogens is 426 g/mol. The lowest BCUT2D eigenvalue weighted by atomic mass is 10.1. The quantitative estimate of drug-likeness (QED) is 0.250. The number of benzene rings is 2. The van der Waals surface area contributed by atoms with Crippen LogP contribution in [0.3, 0.4) is 0 Å². The van der Waals surface area contributed by atoms with Crippen LogP contribution in [0.2, 0.25) is 0 Å². The number of carboxylic acid groups (broad SMARTS) is 1. The molecule has 0 spiro atoms. The van der Waals surface area contributed by atoms with Gasteiger partial charge in [-0.2, -0.15) is 0 Å². The van der Waals surface area contributed by atoms with E-state index in [1.807, 2.05) is 24.3 Å². The Morgan fingerprint density at radius 2 is 1.76 bits per heavy atom. The minimum atomic E-state index is -0.998. The van der Waals surface area contributed by atoms with Crippen molar-refractivity contribution in [2.24, 2.45) is 21.5 Å². The van der Waals surface area contributed by atoms with Gasteiger partial charge in [-0.3, -0.25) is 9.89 Å². The predicted octanol–water partition coefficient (Wildman–Crippen LogP) is 1.01. The number of methoxy groups -OCH3 is 1. The van der Waals surface area contributed by atoms with Crippen LogP contribution in [0, 0.1) is 0 Å². The van der Waals surface area contributed by atoms with Crippen molar-refractivity contribution in [3.05, 3.63) is 65.2 Å². The summed E-state index contributed by atoms with van der Waals surface area (Å²) in [6.45, 7) is 1.49. The highest BCUT2D eigenvalue weighted by molar-refractivity contribution is 5.97. The van der Waals surface area contributed by atoms with Crippen LogP contribution in [0.5, 0.6) is 5.75 Å². The first-order valence-electron chi connectivity index (χ1n) is 10.2. The summed E-state index contributed by atoms with van der Waals surface area (Å²) < 4.78 is 5.20. The van der Waals surface area contributed by atoms with Crippen LogP contribution in [-0.2, 0) is 13.1 Å². The van der Waals surface area contributed by atoms with Crippen LogP contribution < -0.4 is 21.5 Å². The number of urea groups is 1. The van der Waals surface area contributed by atoms with Gasteiger partial charge in [0.15, 0.2) is 5.96 Å². The van der Waals surface area contributed by atoms with E-state index < -0.39 is 5.97 Å². The lowest BCUT2D eigenvalue weighted by Crippen LogP contribution is -2.54. The number of rotatable bonds is 9. The van der Waals surface area contributed by atoms with Gasteiger partial charge in [0, 0.05) is 13.1 Å². The number of carbonyl (C=O) groups is 2. The molecule has 1 aliphatic rings. The second-order valence-electron chi connectivity index (χ2n) is 7.27. The standard InChI is InChI=1S/C22H27N7O4/c1-33-18-8-4-16(5-9-18)13-29-21(26-11-10-25-20(23)24)27-14-28(22(29)32)12-15-2-6-17(7-3-15)19(30)31/h2-9H,10-14H2,1H3,(H,26,27)(H,30,31)(H4,23,24,25). The van der Waals surface area contributed by atoms with Crippen LogP contribution in [0.1, 0.15) is 21.5 Å². The van der Waals surface area contributed by atoms with Crippen LogP contribution in [0.4, 0.5) is 4.79 Å². The number of nitrogens with two attached hydrogens (primary N) is 2. The average Bonchev–Trinajstić information content (AvgIpc) is 2.81. The Bertz CT molecular complexity index is 1030. The van der Waals surface area contributed by atoms with Crippen molar-refractivity contribution in [2.75, 3.05) is 26.9 Å². The molecule has 0 fully saturated rings. The fourth-order valence-corrected chi connectivity index (χ4v) is 3.21. The smallest absolute Gasteiger partial charge is 0.335 e. The second-order valence-corrected chi connectivity index (χ2v) is 7.27. The van der Waals surface area contributed by atoms with E-state index >= 15 is 0 Å². The molecule has 1 heterocycles. The first-order chi connectivity index (χ1) is 15.9. The van der Waals surface area contributed by atoms with Gasteiger partial charge >= 0.3 is 12.0 Å². The van der Waals surface area contributed by atoms with Crippen molar-refractivity contribution in [2.45, 2.75) is 13.1 Å². The number of nitrogens with zero attached hydrogens (tertiary/aromatic N) is 4. The molecule has 11 heteroatoms. The van der Waals surface area contributed by atoms with Crippen molar-refractivity contribution < 1.29 is 19.4 Å². The maximum Gasteiger partial charge on any atom is 0.335 e. The highest BCUT2D eigenvalue weighted by atomic mass is 16.5. The molecule has 0 atom stereocenters. The van der Waals surface area contributed by atoms with Gasteiger partial charge in [-0.05, 0) is 35.4 Å². The summed E-state index contributed by atoms with van der Waals surface area (Å²) in [7, 11) is 1.59. The number of carboxylic acids is 1. The molecule has 6 N–H and O–H groups in total. The largest absolute Gasteiger partial charge is 0.497 e. The third-order valence-corrected chi connectivity index (χ3v) is 4.91. The van der Waals surface area contributed by atoms with E-state index in [1.165, 1.54) is 12.1 Å². The molecule has 0 bridgehead atoms. The third kappa shape index (κ3) is 6.35. The first-order valence-corrected chi connectivity index (χ1v) is 10.2. The minimum Gasteiger partial charge on any atom is -0.497 e. The number of guanidine groups is 2. The number of aromatic carboxylic acids is 1. The van der Waals surface area contributed by atoms with Crippen LogP contribution in [0.15, 0.2) is 58.5 Å². The molecule has 0 unspecified atom stereocenters. The Hall–Kier alpha value is -4.28. The highest BCUT2D eigenvalue weighted by Gasteiger charge is 2.29. The zero-order valence-corrected chi connectivity index (χ0v) is 18.3. The average molecular weight is 454 g/mol. The van der Waals surface area contributed by atoms with E-state index in [-0.39, 0.29) is 24.2 Å². The SMILES string of the molecule is COc1ccc(CN2C(=O)N(Cc3ccc(C(=O)O)cc3)CN=C2NCCN=C(N)N)cc1. The summed E-state index contributed by atoms with van der Waals surface area (Å²) in [6, 6.07) is 13.6. The molecule has 0 radical (unpaired) electrons. The maximum absolute atomic E-state index is 13.3. The minimum absolute atomic E-state index is 0.00589. The molecule has 174 valence electrons. The summed E-state index contributed by atoms with van der Waals surface area (Å²) in [4.78, 5) is 36.0. The van der Waals surface area contributed by atoms with Gasteiger partial charge in [0.25, 0.3) is 0 Å². The van der Waals surface area contributed by atoms with E-state index in [4.69, 9.17) is 21.3 Å². The molecule has 0 aromatic heterocycles. The Morgan fingerprint density at radius 1 is 1.12 bits per heavy atom. The normalized spacial score (nSPS) is 13.4. The molecule has 3 rings (SSSR count). The Morgan fingerprint density at radius 3 is 2.36 bits per heavy atom. The van der Waals surface area contributed by atoms with E-state index in [1.54, 1.807) is 29.0 Å². The molecule has 0 saturated heterocycles. The topological polar surface area (TPSA) is 159 Å². The Kier molecular flexibility index (Phi) is 7.68. The zero-order chi connectivity index (χ0) is 23.8. The molecule has 0 aliphatic carbocycles. The molecular formula is C22H27N7O4. The summed E-state index contributed by atoms with van der Waals surface area (Å²) in [6.07, 6.45) is 0. The molecule has 33 heavy (non-hydrogen) atoms. The fourth-order valence-electron chi connectivity index (χ4n) is 3.21. The third-order valence-electron chi connectivity index (χ3n) is 4.91. The van der Waals surface area contributed by atoms with Gasteiger partial charge < -0.3 is 31.5 Å². The Balaban J connectivity index is 1.76. The van der Waals surface area contributed by atoms with Gasteiger partial charge in [-0.15, -0.1) is 0 Å². The lowest BCUT2D eigenvalue weighted by molar-refractivity contribution is 0.0696. The summed E-state index contributed by atoms with van der Waals surface area (Å²) in [5.74, 6) is 0.148. The van der Waals surface area contributed by atoms with Crippen LogP contribution >= 0.6 is 0 Å². The van der Waals surface area contributed by atoms with Crippen LogP contribution in [0.25, 0.3) is 0 Å². The van der Waals surface area contributed by atoms with Crippen molar-refractivity contribution >= 4 is 23.9 Å². The predicted molar refractivity (Wildman–Crippen MR) is 124 cm³/mol. The summed E-state index contributed by atoms with van der Waals surface area (Å²) in [5, 5.41) is 12.2. The van der Waals surface area contributed by atoms with Gasteiger partial charge in [0.05, 0.1) is 25.8 Å². The number of aliphatic imine (C=N–C) groups is 2. The molecule has 1 aliphatic heterocycles. The monoisotopic (exact) mass is 453 g/mol. The van der Waals surface area contributed by atoms with E-state index in [2.05, 4.69) is 15.3 Å². The van der Waals surface area contributed by atoms with Gasteiger partial charge in [-0.1, -0.05) is 24.3 Å². The molecule has 2 aromatic rings. The lowest BCUT2D eigenvalue weighted by Gasteiger charge is -2.35. The maximum atomic E-state index is 13.3. The van der Waals surface area contributed by atoms with Crippen molar-refractivity contribution in [3.8, 4) is 5.75 Å². The molecule has 0 saturated carbocycles. The van der Waals surface area contributed by atoms with Crippen molar-refractivity contribution in [3.63, 3.8) is 0 Å². The van der Waals surface area contributed by atoms with Gasteiger partial charge in [0.2, 0.25) is 5.96 Å². The molecule has 11 nitrogen and oxygen atoms in total.